The number of anilines is 2. The van der Waals surface area contributed by atoms with Crippen molar-refractivity contribution >= 4 is 34.2 Å². The van der Waals surface area contributed by atoms with E-state index in [0.29, 0.717) is 5.75 Å². The molecule has 0 amide bonds. The van der Waals surface area contributed by atoms with Crippen LogP contribution in [0.1, 0.15) is 26.7 Å². The van der Waals surface area contributed by atoms with Crippen LogP contribution in [0.3, 0.4) is 0 Å². The van der Waals surface area contributed by atoms with Gasteiger partial charge < -0.3 is 10.6 Å². The van der Waals surface area contributed by atoms with Crippen LogP contribution in [0.15, 0.2) is 11.2 Å². The van der Waals surface area contributed by atoms with E-state index < -0.39 is 10.8 Å². The van der Waals surface area contributed by atoms with Gasteiger partial charge in [-0.1, -0.05) is 18.7 Å². The first-order chi connectivity index (χ1) is 9.55. The molecule has 0 bridgehead atoms. The van der Waals surface area contributed by atoms with Gasteiger partial charge in [-0.15, -0.1) is 0 Å². The van der Waals surface area contributed by atoms with Gasteiger partial charge in [-0.05, 0) is 26.0 Å². The lowest BCUT2D eigenvalue weighted by Crippen LogP contribution is -2.19. The van der Waals surface area contributed by atoms with Crippen molar-refractivity contribution in [3.63, 3.8) is 0 Å². The third-order valence-electron chi connectivity index (χ3n) is 2.68. The van der Waals surface area contributed by atoms with Gasteiger partial charge in [0.15, 0.2) is 5.16 Å². The predicted molar refractivity (Wildman–Crippen MR) is 89.2 cm³/mol. The molecule has 2 N–H and O–H groups in total. The normalized spacial score (nSPS) is 13.8. The molecule has 0 aromatic carbocycles. The molecule has 2 atom stereocenters. The lowest BCUT2D eigenvalue weighted by atomic mass is 10.2. The average Bonchev–Trinajstić information content (AvgIpc) is 2.42. The highest BCUT2D eigenvalue weighted by atomic mass is 32.2. The van der Waals surface area contributed by atoms with E-state index in [1.165, 1.54) is 11.8 Å². The zero-order valence-corrected chi connectivity index (χ0v) is 14.2. The van der Waals surface area contributed by atoms with Crippen molar-refractivity contribution in [1.29, 1.82) is 0 Å². The van der Waals surface area contributed by atoms with Crippen LogP contribution in [0, 0.1) is 0 Å². The molecule has 0 aliphatic rings. The summed E-state index contributed by atoms with van der Waals surface area (Å²) in [6, 6.07) is 2.16. The van der Waals surface area contributed by atoms with Crippen LogP contribution < -0.4 is 10.6 Å². The molecule has 7 heteroatoms. The highest BCUT2D eigenvalue weighted by Gasteiger charge is 2.08. The summed E-state index contributed by atoms with van der Waals surface area (Å²) in [5, 5.41) is 7.38. The lowest BCUT2D eigenvalue weighted by molar-refractivity contribution is 0.678. The van der Waals surface area contributed by atoms with E-state index in [-0.39, 0.29) is 6.04 Å². The van der Waals surface area contributed by atoms with Crippen LogP contribution in [0.5, 0.6) is 0 Å². The largest absolute Gasteiger partial charge is 0.370 e. The Kier molecular flexibility index (Phi) is 7.91. The van der Waals surface area contributed by atoms with Gasteiger partial charge >= 0.3 is 0 Å². The third-order valence-corrected chi connectivity index (χ3v) is 4.04. The Morgan fingerprint density at radius 2 is 2.10 bits per heavy atom. The van der Waals surface area contributed by atoms with Gasteiger partial charge in [0, 0.05) is 41.5 Å². The molecule has 0 saturated heterocycles. The molecule has 0 fully saturated rings. The van der Waals surface area contributed by atoms with Gasteiger partial charge in [0.2, 0.25) is 0 Å². The smallest absolute Gasteiger partial charge is 0.191 e. The Morgan fingerprint density at radius 1 is 1.40 bits per heavy atom. The molecule has 0 aliphatic carbocycles. The van der Waals surface area contributed by atoms with Crippen LogP contribution in [0.4, 0.5) is 11.6 Å². The molecule has 0 spiro atoms. The van der Waals surface area contributed by atoms with Gasteiger partial charge in [0.25, 0.3) is 0 Å². The van der Waals surface area contributed by atoms with Crippen LogP contribution in [0.25, 0.3) is 0 Å². The minimum absolute atomic E-state index is 0.238. The van der Waals surface area contributed by atoms with Gasteiger partial charge in [0.05, 0.1) is 0 Å². The molecule has 1 aromatic heterocycles. The van der Waals surface area contributed by atoms with E-state index >= 15 is 0 Å². The highest BCUT2D eigenvalue weighted by molar-refractivity contribution is 7.98. The molecule has 1 heterocycles. The third kappa shape index (κ3) is 6.56. The van der Waals surface area contributed by atoms with Crippen molar-refractivity contribution in [2.75, 3.05) is 35.4 Å². The topological polar surface area (TPSA) is 66.9 Å². The maximum atomic E-state index is 11.1. The second kappa shape index (κ2) is 9.18. The summed E-state index contributed by atoms with van der Waals surface area (Å²) in [6.45, 7) is 5.09. The molecule has 0 aliphatic heterocycles. The fraction of sp³-hybridized carbons (Fsp3) is 0.692. The molecule has 0 saturated carbocycles. The van der Waals surface area contributed by atoms with Crippen molar-refractivity contribution in [3.8, 4) is 0 Å². The molecule has 1 rings (SSSR count). The number of nitrogens with one attached hydrogen (secondary N) is 2. The Labute approximate surface area is 128 Å². The number of hydrogen-bond donors (Lipinski definition) is 2. The summed E-state index contributed by atoms with van der Waals surface area (Å²) >= 11 is 1.53. The predicted octanol–water partition coefficient (Wildman–Crippen LogP) is 2.59. The maximum Gasteiger partial charge on any atom is 0.191 e. The monoisotopic (exact) mass is 316 g/mol. The molecule has 0 radical (unpaired) electrons. The van der Waals surface area contributed by atoms with E-state index in [1.54, 1.807) is 6.26 Å². The highest BCUT2D eigenvalue weighted by Crippen LogP contribution is 2.18. The quantitative estimate of drug-likeness (QED) is 0.539. The van der Waals surface area contributed by atoms with Crippen molar-refractivity contribution in [1.82, 2.24) is 9.97 Å². The Balaban J connectivity index is 2.69. The Morgan fingerprint density at radius 3 is 2.70 bits per heavy atom. The van der Waals surface area contributed by atoms with Crippen LogP contribution >= 0.6 is 11.8 Å². The number of rotatable bonds is 9. The van der Waals surface area contributed by atoms with E-state index in [4.69, 9.17) is 0 Å². The first-order valence-electron chi connectivity index (χ1n) is 6.78. The SMILES string of the molecule is CCCNc1cc(NC(C)CCS(C)=O)nc(SC)n1. The number of thioether (sulfide) groups is 1. The molecule has 114 valence electrons. The zero-order chi connectivity index (χ0) is 15.0. The second-order valence-electron chi connectivity index (χ2n) is 4.66. The minimum atomic E-state index is -0.748. The first-order valence-corrected chi connectivity index (χ1v) is 9.73. The van der Waals surface area contributed by atoms with Crippen LogP contribution in [-0.2, 0) is 10.8 Å². The van der Waals surface area contributed by atoms with Crippen LogP contribution in [0.2, 0.25) is 0 Å². The average molecular weight is 316 g/mol. The molecular weight excluding hydrogens is 292 g/mol. The summed E-state index contributed by atoms with van der Waals surface area (Å²) in [4.78, 5) is 8.87. The second-order valence-corrected chi connectivity index (χ2v) is 6.99. The Bertz CT molecular complexity index is 442. The van der Waals surface area contributed by atoms with Crippen molar-refractivity contribution < 1.29 is 4.21 Å². The summed E-state index contributed by atoms with van der Waals surface area (Å²) in [6.07, 6.45) is 5.61. The molecule has 5 nitrogen and oxygen atoms in total. The van der Waals surface area contributed by atoms with E-state index in [9.17, 15) is 4.21 Å². The van der Waals surface area contributed by atoms with Gasteiger partial charge in [0.1, 0.15) is 11.6 Å². The van der Waals surface area contributed by atoms with Crippen molar-refractivity contribution in [2.24, 2.45) is 0 Å². The minimum Gasteiger partial charge on any atom is -0.370 e. The summed E-state index contributed by atoms with van der Waals surface area (Å²) in [5.41, 5.74) is 0. The summed E-state index contributed by atoms with van der Waals surface area (Å²) in [7, 11) is -0.748. The standard InChI is InChI=1S/C13H24N4OS2/c1-5-7-14-11-9-12(17-13(16-11)19-3)15-10(2)6-8-20(4)18/h9-10H,5-8H2,1-4H3,(H2,14,15,16,17). The molecule has 2 unspecified atom stereocenters. The van der Waals surface area contributed by atoms with Gasteiger partial charge in [-0.2, -0.15) is 0 Å². The number of nitrogens with zero attached hydrogens (tertiary/aromatic N) is 2. The Hall–Kier alpha value is -0.820. The fourth-order valence-electron chi connectivity index (χ4n) is 1.60. The van der Waals surface area contributed by atoms with E-state index in [0.717, 1.165) is 36.2 Å². The van der Waals surface area contributed by atoms with Crippen molar-refractivity contribution in [3.05, 3.63) is 6.07 Å². The van der Waals surface area contributed by atoms with Gasteiger partial charge in [-0.3, -0.25) is 4.21 Å². The van der Waals surface area contributed by atoms with Crippen molar-refractivity contribution in [2.45, 2.75) is 37.9 Å². The number of hydrogen-bond acceptors (Lipinski definition) is 6. The summed E-state index contributed by atoms with van der Waals surface area (Å²) in [5.74, 6) is 2.37. The maximum absolute atomic E-state index is 11.1. The summed E-state index contributed by atoms with van der Waals surface area (Å²) < 4.78 is 11.1. The zero-order valence-electron chi connectivity index (χ0n) is 12.6. The van der Waals surface area contributed by atoms with Gasteiger partial charge in [-0.25, -0.2) is 9.97 Å². The fourth-order valence-corrected chi connectivity index (χ4v) is 2.67. The molecule has 20 heavy (non-hydrogen) atoms. The van der Waals surface area contributed by atoms with Crippen LogP contribution in [-0.4, -0.2) is 45.0 Å². The number of aromatic nitrogens is 2. The van der Waals surface area contributed by atoms with E-state index in [2.05, 4.69) is 34.4 Å². The lowest BCUT2D eigenvalue weighted by Gasteiger charge is -2.15. The molecular formula is C13H24N4OS2. The first kappa shape index (κ1) is 17.2. The van der Waals surface area contributed by atoms with E-state index in [1.807, 2.05) is 12.3 Å². The molecule has 1 aromatic rings.